The van der Waals surface area contributed by atoms with Gasteiger partial charge >= 0.3 is 29.6 Å². The summed E-state index contributed by atoms with van der Waals surface area (Å²) in [5, 5.41) is 13.1. The largest absolute Gasteiger partial charge is 1.00 e. The van der Waals surface area contributed by atoms with E-state index in [1.807, 2.05) is 0 Å². The molecule has 0 amide bonds. The molecule has 3 rings (SSSR count). The molecule has 0 bridgehead atoms. The van der Waals surface area contributed by atoms with Crippen LogP contribution >= 0.6 is 22.9 Å². The molecule has 0 saturated heterocycles. The standard InChI is InChI=1S/C18H11ClF3NO3S.Na/c19-11-1-2-15(26-7-9-3-12(20)17(22)13(21)4-9)10(5-11)6-16-23-14(8-27-16)18(24)25;/h1-5,8H,6-7H2,(H,24,25);/q;+1/p-1. The van der Waals surface area contributed by atoms with Gasteiger partial charge in [-0.05, 0) is 35.9 Å². The predicted octanol–water partition coefficient (Wildman–Crippen LogP) is 0.751. The third kappa shape index (κ3) is 5.48. The molecule has 1 aromatic heterocycles. The van der Waals surface area contributed by atoms with Gasteiger partial charge in [-0.15, -0.1) is 11.3 Å². The number of aromatic nitrogens is 1. The molecular formula is C18H10ClF3NNaO3S. The second-order valence-electron chi connectivity index (χ2n) is 5.50. The van der Waals surface area contributed by atoms with Crippen LogP contribution in [0, 0.1) is 17.5 Å². The Labute approximate surface area is 189 Å². The molecule has 28 heavy (non-hydrogen) atoms. The first-order valence-corrected chi connectivity index (χ1v) is 8.79. The van der Waals surface area contributed by atoms with Gasteiger partial charge in [0, 0.05) is 22.4 Å². The van der Waals surface area contributed by atoms with Gasteiger partial charge in [-0.25, -0.2) is 18.2 Å². The van der Waals surface area contributed by atoms with Crippen LogP contribution in [0.25, 0.3) is 0 Å². The van der Waals surface area contributed by atoms with E-state index < -0.39 is 23.4 Å². The van der Waals surface area contributed by atoms with Crippen molar-refractivity contribution in [3.63, 3.8) is 0 Å². The van der Waals surface area contributed by atoms with Crippen LogP contribution in [0.2, 0.25) is 5.02 Å². The molecule has 0 saturated carbocycles. The fraction of sp³-hybridized carbons (Fsp3) is 0.111. The molecule has 2 aromatic carbocycles. The number of carbonyl (C=O) groups excluding carboxylic acids is 1. The normalized spacial score (nSPS) is 10.4. The summed E-state index contributed by atoms with van der Waals surface area (Å²) in [4.78, 5) is 14.8. The molecule has 0 aliphatic heterocycles. The smallest absolute Gasteiger partial charge is 0.543 e. The van der Waals surface area contributed by atoms with E-state index in [0.717, 1.165) is 23.5 Å². The topological polar surface area (TPSA) is 62.2 Å². The number of hydrogen-bond donors (Lipinski definition) is 0. The average Bonchev–Trinajstić information content (AvgIpc) is 3.08. The van der Waals surface area contributed by atoms with Gasteiger partial charge in [-0.3, -0.25) is 0 Å². The van der Waals surface area contributed by atoms with Gasteiger partial charge in [-0.2, -0.15) is 0 Å². The van der Waals surface area contributed by atoms with E-state index in [1.165, 1.54) is 5.38 Å². The summed E-state index contributed by atoms with van der Waals surface area (Å²) in [7, 11) is 0. The minimum atomic E-state index is -1.54. The van der Waals surface area contributed by atoms with Crippen LogP contribution < -0.4 is 39.4 Å². The van der Waals surface area contributed by atoms with Crippen LogP contribution in [0.3, 0.4) is 0 Å². The summed E-state index contributed by atoms with van der Waals surface area (Å²) in [6.45, 7) is -0.203. The molecular weight excluding hydrogens is 426 g/mol. The first kappa shape index (κ1) is 22.7. The van der Waals surface area contributed by atoms with Gasteiger partial charge < -0.3 is 14.6 Å². The molecule has 0 spiro atoms. The Kier molecular flexibility index (Phi) is 7.91. The number of rotatable bonds is 6. The van der Waals surface area contributed by atoms with Crippen LogP contribution in [0.4, 0.5) is 13.2 Å². The summed E-state index contributed by atoms with van der Waals surface area (Å²) in [5.41, 5.74) is 0.544. The quantitative estimate of drug-likeness (QED) is 0.423. The van der Waals surface area contributed by atoms with Crippen molar-refractivity contribution in [3.8, 4) is 5.75 Å². The first-order chi connectivity index (χ1) is 12.8. The van der Waals surface area contributed by atoms with E-state index in [1.54, 1.807) is 18.2 Å². The molecule has 3 aromatic rings. The molecule has 1 heterocycles. The van der Waals surface area contributed by atoms with Gasteiger partial charge in [0.1, 0.15) is 12.4 Å². The zero-order valence-electron chi connectivity index (χ0n) is 14.5. The minimum Gasteiger partial charge on any atom is -0.543 e. The molecule has 0 aliphatic carbocycles. The maximum atomic E-state index is 13.3. The second-order valence-corrected chi connectivity index (χ2v) is 6.88. The first-order valence-electron chi connectivity index (χ1n) is 7.54. The van der Waals surface area contributed by atoms with Crippen molar-refractivity contribution in [1.29, 1.82) is 0 Å². The minimum absolute atomic E-state index is 0. The summed E-state index contributed by atoms with van der Waals surface area (Å²) in [6.07, 6.45) is 0.236. The van der Waals surface area contributed by atoms with Crippen molar-refractivity contribution in [2.45, 2.75) is 13.0 Å². The van der Waals surface area contributed by atoms with Crippen LogP contribution in [-0.2, 0) is 13.0 Å². The van der Waals surface area contributed by atoms with Crippen molar-refractivity contribution in [2.24, 2.45) is 0 Å². The van der Waals surface area contributed by atoms with E-state index >= 15 is 0 Å². The van der Waals surface area contributed by atoms with Gasteiger partial charge in [0.2, 0.25) is 0 Å². The summed E-state index contributed by atoms with van der Waals surface area (Å²) in [5.74, 6) is -5.15. The SMILES string of the molecule is O=C([O-])c1csc(Cc2cc(Cl)ccc2OCc2cc(F)c(F)c(F)c2)n1.[Na+]. The summed E-state index contributed by atoms with van der Waals surface area (Å²) in [6, 6.07) is 6.45. The molecule has 10 heteroatoms. The fourth-order valence-corrected chi connectivity index (χ4v) is 3.31. The Balaban J connectivity index is 0.00000280. The van der Waals surface area contributed by atoms with Crippen molar-refractivity contribution in [1.82, 2.24) is 4.98 Å². The Hall–Kier alpha value is -1.58. The molecule has 0 fully saturated rings. The van der Waals surface area contributed by atoms with Crippen molar-refractivity contribution in [2.75, 3.05) is 0 Å². The Bertz CT molecular complexity index is 992. The maximum absolute atomic E-state index is 13.3. The van der Waals surface area contributed by atoms with Crippen LogP contribution in [0.5, 0.6) is 5.75 Å². The number of nitrogens with zero attached hydrogens (tertiary/aromatic N) is 1. The second kappa shape index (κ2) is 9.76. The summed E-state index contributed by atoms with van der Waals surface area (Å²) >= 11 is 7.13. The number of ether oxygens (including phenoxy) is 1. The number of carboxylic acid groups (broad SMARTS) is 1. The zero-order chi connectivity index (χ0) is 19.6. The number of carbonyl (C=O) groups is 1. The molecule has 4 nitrogen and oxygen atoms in total. The van der Waals surface area contributed by atoms with Crippen LogP contribution in [-0.4, -0.2) is 11.0 Å². The summed E-state index contributed by atoms with van der Waals surface area (Å²) < 4.78 is 45.2. The van der Waals surface area contributed by atoms with E-state index in [-0.39, 0.29) is 53.8 Å². The number of hydrogen-bond acceptors (Lipinski definition) is 5. The third-order valence-corrected chi connectivity index (χ3v) is 4.65. The van der Waals surface area contributed by atoms with E-state index in [9.17, 15) is 23.1 Å². The number of aromatic carboxylic acids is 1. The number of thiazole rings is 1. The molecule has 0 radical (unpaired) electrons. The average molecular weight is 436 g/mol. The van der Waals surface area contributed by atoms with Gasteiger partial charge in [0.05, 0.1) is 16.7 Å². The monoisotopic (exact) mass is 435 g/mol. The third-order valence-electron chi connectivity index (χ3n) is 3.56. The molecule has 0 aliphatic rings. The van der Waals surface area contributed by atoms with Crippen LogP contribution in [0.1, 0.15) is 26.6 Å². The van der Waals surface area contributed by atoms with E-state index in [2.05, 4.69) is 4.98 Å². The molecule has 0 unspecified atom stereocenters. The van der Waals surface area contributed by atoms with Crippen molar-refractivity contribution >= 4 is 28.9 Å². The van der Waals surface area contributed by atoms with E-state index in [4.69, 9.17) is 16.3 Å². The Morgan fingerprint density at radius 2 is 1.86 bits per heavy atom. The number of carboxylic acids is 1. The fourth-order valence-electron chi connectivity index (χ4n) is 2.33. The zero-order valence-corrected chi connectivity index (χ0v) is 18.0. The molecule has 0 N–H and O–H groups in total. The van der Waals surface area contributed by atoms with E-state index in [0.29, 0.717) is 21.3 Å². The molecule has 140 valence electrons. The predicted molar refractivity (Wildman–Crippen MR) is 91.4 cm³/mol. The van der Waals surface area contributed by atoms with Crippen LogP contribution in [0.15, 0.2) is 35.7 Å². The number of benzene rings is 2. The van der Waals surface area contributed by atoms with Gasteiger partial charge in [-0.1, -0.05) is 11.6 Å². The Morgan fingerprint density at radius 3 is 2.46 bits per heavy atom. The maximum Gasteiger partial charge on any atom is 1.00 e. The van der Waals surface area contributed by atoms with Crippen molar-refractivity contribution in [3.05, 3.63) is 80.0 Å². The molecule has 0 atom stereocenters. The number of halogens is 4. The van der Waals surface area contributed by atoms with Crippen molar-refractivity contribution < 1.29 is 57.4 Å². The Morgan fingerprint density at radius 1 is 1.18 bits per heavy atom. The van der Waals surface area contributed by atoms with Gasteiger partial charge in [0.25, 0.3) is 0 Å². The van der Waals surface area contributed by atoms with Gasteiger partial charge in [0.15, 0.2) is 17.5 Å².